The highest BCUT2D eigenvalue weighted by molar-refractivity contribution is 7.99. The normalized spacial score (nSPS) is 16.5. The molecule has 1 aromatic heterocycles. The van der Waals surface area contributed by atoms with E-state index >= 15 is 0 Å². The summed E-state index contributed by atoms with van der Waals surface area (Å²) in [6.07, 6.45) is 2.59. The molecule has 1 fully saturated rings. The predicted octanol–water partition coefficient (Wildman–Crippen LogP) is 3.39. The summed E-state index contributed by atoms with van der Waals surface area (Å²) in [6, 6.07) is 8.26. The summed E-state index contributed by atoms with van der Waals surface area (Å²) in [5, 5.41) is 20.1. The van der Waals surface area contributed by atoms with Gasteiger partial charge in [0, 0.05) is 0 Å². The molecular formula is C18H19FN4O3S. The first-order chi connectivity index (χ1) is 13.0. The van der Waals surface area contributed by atoms with Gasteiger partial charge in [-0.25, -0.2) is 4.39 Å². The first-order valence-corrected chi connectivity index (χ1v) is 9.59. The van der Waals surface area contributed by atoms with E-state index in [2.05, 4.69) is 21.6 Å². The van der Waals surface area contributed by atoms with Gasteiger partial charge < -0.3 is 14.5 Å². The molecule has 1 heterocycles. The van der Waals surface area contributed by atoms with Gasteiger partial charge in [-0.05, 0) is 44.7 Å². The molecule has 7 nitrogen and oxygen atoms in total. The maximum Gasteiger partial charge on any atom is 0.277 e. The number of hydrogen-bond donors (Lipinski definition) is 1. The molecule has 9 heteroatoms. The maximum atomic E-state index is 13.6. The highest BCUT2D eigenvalue weighted by Gasteiger charge is 2.35. The summed E-state index contributed by atoms with van der Waals surface area (Å²) in [5.41, 5.74) is -0.750. The molecule has 27 heavy (non-hydrogen) atoms. The van der Waals surface area contributed by atoms with Crippen LogP contribution in [0.1, 0.15) is 44.6 Å². The van der Waals surface area contributed by atoms with Crippen molar-refractivity contribution in [3.05, 3.63) is 36.0 Å². The number of nitrogens with one attached hydrogen (secondary N) is 1. The predicted molar refractivity (Wildman–Crippen MR) is 95.4 cm³/mol. The van der Waals surface area contributed by atoms with Gasteiger partial charge in [-0.15, -0.1) is 10.2 Å². The Bertz CT molecular complexity index is 845. The van der Waals surface area contributed by atoms with Gasteiger partial charge in [0.15, 0.2) is 17.7 Å². The fourth-order valence-electron chi connectivity index (χ4n) is 2.90. The van der Waals surface area contributed by atoms with Gasteiger partial charge in [-0.2, -0.15) is 5.26 Å². The number of carbonyl (C=O) groups excluding carboxylic acids is 1. The van der Waals surface area contributed by atoms with E-state index in [4.69, 9.17) is 9.15 Å². The van der Waals surface area contributed by atoms with E-state index < -0.39 is 17.5 Å². The summed E-state index contributed by atoms with van der Waals surface area (Å²) in [7, 11) is 0. The fraction of sp³-hybridized carbons (Fsp3) is 0.444. The number of benzene rings is 1. The molecule has 0 radical (unpaired) electrons. The topological polar surface area (TPSA) is 101 Å². The molecule has 3 rings (SSSR count). The van der Waals surface area contributed by atoms with Crippen molar-refractivity contribution >= 4 is 17.7 Å². The van der Waals surface area contributed by atoms with Crippen LogP contribution in [-0.4, -0.2) is 27.4 Å². The second-order valence-corrected chi connectivity index (χ2v) is 7.26. The lowest BCUT2D eigenvalue weighted by Gasteiger charge is -2.21. The molecular weight excluding hydrogens is 371 g/mol. The monoisotopic (exact) mass is 390 g/mol. The minimum Gasteiger partial charge on any atom is -0.478 e. The molecule has 1 saturated carbocycles. The van der Waals surface area contributed by atoms with Gasteiger partial charge in [0.2, 0.25) is 5.91 Å². The molecule has 1 aliphatic carbocycles. The van der Waals surface area contributed by atoms with Crippen LogP contribution in [0.4, 0.5) is 4.39 Å². The van der Waals surface area contributed by atoms with Crippen molar-refractivity contribution in [1.82, 2.24) is 15.5 Å². The summed E-state index contributed by atoms with van der Waals surface area (Å²) in [6.45, 7) is 1.66. The zero-order valence-electron chi connectivity index (χ0n) is 14.8. The van der Waals surface area contributed by atoms with E-state index in [9.17, 15) is 14.4 Å². The van der Waals surface area contributed by atoms with Crippen LogP contribution in [0.3, 0.4) is 0 Å². The minimum atomic E-state index is -0.750. The zero-order valence-corrected chi connectivity index (χ0v) is 15.6. The van der Waals surface area contributed by atoms with E-state index in [0.717, 1.165) is 24.6 Å². The molecule has 1 amide bonds. The molecule has 1 aliphatic rings. The number of aromatic nitrogens is 2. The Morgan fingerprint density at radius 2 is 2.19 bits per heavy atom. The van der Waals surface area contributed by atoms with Crippen molar-refractivity contribution in [3.8, 4) is 11.8 Å². The lowest BCUT2D eigenvalue weighted by molar-refractivity contribution is -0.119. The van der Waals surface area contributed by atoms with Gasteiger partial charge in [-0.1, -0.05) is 23.9 Å². The first kappa shape index (κ1) is 19.2. The first-order valence-electron chi connectivity index (χ1n) is 8.61. The van der Waals surface area contributed by atoms with Crippen LogP contribution >= 0.6 is 11.8 Å². The summed E-state index contributed by atoms with van der Waals surface area (Å²) in [4.78, 5) is 12.1. The number of para-hydroxylation sites is 1. The number of nitrogens with zero attached hydrogens (tertiary/aromatic N) is 3. The van der Waals surface area contributed by atoms with Crippen LogP contribution < -0.4 is 10.1 Å². The van der Waals surface area contributed by atoms with Crippen molar-refractivity contribution in [2.24, 2.45) is 0 Å². The summed E-state index contributed by atoms with van der Waals surface area (Å²) >= 11 is 1.08. The number of hydrogen-bond acceptors (Lipinski definition) is 7. The molecule has 0 saturated heterocycles. The lowest BCUT2D eigenvalue weighted by Crippen LogP contribution is -2.45. The average molecular weight is 390 g/mol. The largest absolute Gasteiger partial charge is 0.478 e. The molecule has 0 bridgehead atoms. The Kier molecular flexibility index (Phi) is 5.96. The Morgan fingerprint density at radius 1 is 1.44 bits per heavy atom. The van der Waals surface area contributed by atoms with Crippen LogP contribution in [0.2, 0.25) is 0 Å². The summed E-state index contributed by atoms with van der Waals surface area (Å²) < 4.78 is 24.6. The van der Waals surface area contributed by atoms with E-state index in [1.54, 1.807) is 19.1 Å². The molecule has 0 spiro atoms. The number of amides is 1. The lowest BCUT2D eigenvalue weighted by atomic mass is 10.0. The second-order valence-electron chi connectivity index (χ2n) is 6.33. The molecule has 142 valence electrons. The van der Waals surface area contributed by atoms with E-state index in [-0.39, 0.29) is 28.5 Å². The summed E-state index contributed by atoms with van der Waals surface area (Å²) in [5.74, 6) is -0.388. The Labute approximate surface area is 160 Å². The molecule has 1 N–H and O–H groups in total. The van der Waals surface area contributed by atoms with Gasteiger partial charge in [0.05, 0.1) is 11.8 Å². The fourth-order valence-corrected chi connectivity index (χ4v) is 3.47. The number of halogens is 1. The average Bonchev–Trinajstić information content (AvgIpc) is 3.32. The highest BCUT2D eigenvalue weighted by atomic mass is 32.2. The van der Waals surface area contributed by atoms with E-state index in [1.807, 2.05) is 0 Å². The van der Waals surface area contributed by atoms with Gasteiger partial charge >= 0.3 is 0 Å². The van der Waals surface area contributed by atoms with Crippen molar-refractivity contribution in [2.45, 2.75) is 49.5 Å². The van der Waals surface area contributed by atoms with Crippen molar-refractivity contribution in [1.29, 1.82) is 5.26 Å². The maximum absolute atomic E-state index is 13.6. The van der Waals surface area contributed by atoms with Crippen LogP contribution in [0.25, 0.3) is 0 Å². The number of thioether (sulfide) groups is 1. The van der Waals surface area contributed by atoms with Crippen molar-refractivity contribution in [3.63, 3.8) is 0 Å². The molecule has 2 aromatic rings. The number of nitriles is 1. The number of rotatable bonds is 7. The van der Waals surface area contributed by atoms with Gasteiger partial charge in [-0.3, -0.25) is 4.79 Å². The highest BCUT2D eigenvalue weighted by Crippen LogP contribution is 2.29. The molecule has 0 unspecified atom stereocenters. The third-order valence-corrected chi connectivity index (χ3v) is 5.11. The quantitative estimate of drug-likeness (QED) is 0.723. The molecule has 1 aromatic carbocycles. The molecule has 1 atom stereocenters. The third kappa shape index (κ3) is 4.77. The smallest absolute Gasteiger partial charge is 0.277 e. The zero-order chi connectivity index (χ0) is 19.3. The Hall–Kier alpha value is -2.60. The van der Waals surface area contributed by atoms with Crippen LogP contribution in [0.15, 0.2) is 33.9 Å². The molecule has 0 aliphatic heterocycles. The standard InChI is InChI=1S/C18H19FN4O3S/c1-12(25-14-7-3-2-6-13(14)19)16-22-23-17(26-16)27-10-15(24)21-18(11-20)8-4-5-9-18/h2-3,6-7,12H,4-5,8-10H2,1H3,(H,21,24)/t12-/m0/s1. The Balaban J connectivity index is 1.52. The van der Waals surface area contributed by atoms with E-state index in [0.29, 0.717) is 12.8 Å². The van der Waals surface area contributed by atoms with E-state index in [1.165, 1.54) is 12.1 Å². The number of ether oxygens (including phenoxy) is 1. The number of carbonyl (C=O) groups is 1. The van der Waals surface area contributed by atoms with Gasteiger partial charge in [0.25, 0.3) is 11.1 Å². The van der Waals surface area contributed by atoms with Crippen molar-refractivity contribution in [2.75, 3.05) is 5.75 Å². The van der Waals surface area contributed by atoms with Gasteiger partial charge in [0.1, 0.15) is 5.54 Å². The van der Waals surface area contributed by atoms with Crippen LogP contribution in [0, 0.1) is 17.1 Å². The minimum absolute atomic E-state index is 0.0631. The second kappa shape index (κ2) is 8.39. The third-order valence-electron chi connectivity index (χ3n) is 4.29. The van der Waals surface area contributed by atoms with Crippen LogP contribution in [-0.2, 0) is 4.79 Å². The van der Waals surface area contributed by atoms with Crippen molar-refractivity contribution < 1.29 is 18.3 Å². The van der Waals surface area contributed by atoms with Crippen LogP contribution in [0.5, 0.6) is 5.75 Å². The Morgan fingerprint density at radius 3 is 2.89 bits per heavy atom. The SMILES string of the molecule is C[C@H](Oc1ccccc1F)c1nnc(SCC(=O)NC2(C#N)CCCC2)o1.